The first-order chi connectivity index (χ1) is 65.5. The summed E-state index contributed by atoms with van der Waals surface area (Å²) in [6.45, 7) is 34.0. The number of methoxy groups -OCH3 is 2. The number of alkyl halides is 3. The molecule has 752 valence electrons. The van der Waals surface area contributed by atoms with Crippen LogP contribution in [-0.2, 0) is 111 Å². The van der Waals surface area contributed by atoms with E-state index in [2.05, 4.69) is 72.1 Å². The third-order valence-electron chi connectivity index (χ3n) is 21.9. The Morgan fingerprint density at radius 3 is 0.847 bits per heavy atom. The van der Waals surface area contributed by atoms with Crippen molar-refractivity contribution in [1.29, 1.82) is 0 Å². The second-order valence-electron chi connectivity index (χ2n) is 35.2. The van der Waals surface area contributed by atoms with Crippen LogP contribution in [-0.4, -0.2) is 198 Å². The van der Waals surface area contributed by atoms with Crippen molar-refractivity contribution in [2.75, 3.05) is 113 Å². The SMILES string of the molecule is CC(COC(=O)C(C)c1ccccc1)COC(=O)C(Br)C(C)c1ccccc1.CC(COC(=O)C(C)c1ccccc1)COC(CO)COC(=O)C(C)C.CC(COCC(O)COC(=O)C(C)C)COC(=O)C(C)c1ccccc1.COC(C)c1ccc(COCC(C)COC(=O)C(Br)C(C)c2ccccc2)cc1.COC(COCC(C)COC(=O)C(Br)C(C)c1ccccc1)c1ccccc1. The van der Waals surface area contributed by atoms with Crippen LogP contribution in [0.15, 0.2) is 237 Å². The van der Waals surface area contributed by atoms with Gasteiger partial charge in [-0.1, -0.05) is 367 Å². The largest absolute Gasteiger partial charge is 0.465 e. The minimum Gasteiger partial charge on any atom is -0.465 e. The highest BCUT2D eigenvalue weighted by Crippen LogP contribution is 2.31. The number of aliphatic hydroxyl groups excluding tert-OH is 2. The molecule has 8 rings (SSSR count). The Bertz CT molecular complexity index is 4610. The minimum absolute atomic E-state index is 0.00502. The van der Waals surface area contributed by atoms with E-state index < -0.39 is 17.0 Å². The van der Waals surface area contributed by atoms with Gasteiger partial charge in [-0.25, -0.2) is 0 Å². The molecule has 2 N–H and O–H groups in total. The van der Waals surface area contributed by atoms with Gasteiger partial charge in [0.05, 0.1) is 128 Å². The Morgan fingerprint density at radius 2 is 0.540 bits per heavy atom. The number of halogens is 3. The van der Waals surface area contributed by atoms with Crippen LogP contribution >= 0.6 is 47.8 Å². The standard InChI is InChI=1S/C24H31BrO4.C23H29BrO4.C23H27BrO4.2C20H30O6/c1-17(14-28-16-20-10-12-22(13-11-20)19(3)27-4)15-29-24(26)23(25)18(2)21-8-6-5-7-9-21;1-17(14-27-16-21(26-3)20-12-8-5-9-13-20)15-28-23(25)22(24)18(2)19-10-6-4-7-11-19;1-16(14-27-22(25)18(3)20-12-8-5-9-13-20)15-28-23(26)21(24)17(2)19-10-6-4-7-11-19;1-14(2)19(22)26-13-18(10-21)24-11-15(3)12-25-20(23)16(4)17-8-6-5-7-9-17;1-14(2)19(22)26-13-18(21)12-24-10-15(3)11-25-20(23)16(4)17-8-6-5-7-9-17/h5-13,17-19,23H,14-16H2,1-4H3;4-13,17-18,21-22H,14-16H2,1-3H3;4-13,16-18,21H,14-15H2,1-3H3;2*5-9,14-16,18,21H,10-13H2,1-4H3. The Morgan fingerprint density at radius 1 is 0.270 bits per heavy atom. The zero-order chi connectivity index (χ0) is 101. The fraction of sp³-hybridized carbons (Fsp3) is 0.491. The van der Waals surface area contributed by atoms with Crippen LogP contribution in [0.2, 0.25) is 0 Å². The fourth-order valence-electron chi connectivity index (χ4n) is 12.6. The van der Waals surface area contributed by atoms with E-state index in [1.165, 1.54) is 0 Å². The summed E-state index contributed by atoms with van der Waals surface area (Å²) in [5, 5.41) is 19.0. The van der Waals surface area contributed by atoms with E-state index in [0.717, 1.165) is 50.1 Å². The first-order valence-corrected chi connectivity index (χ1v) is 49.6. The summed E-state index contributed by atoms with van der Waals surface area (Å²) < 4.78 is 75.8. The Kier molecular flexibility index (Phi) is 60.1. The average molecular weight is 2090 g/mol. The highest BCUT2D eigenvalue weighted by molar-refractivity contribution is 9.10. The molecule has 0 radical (unpaired) electrons. The van der Waals surface area contributed by atoms with E-state index in [9.17, 15) is 48.6 Å². The van der Waals surface area contributed by atoms with E-state index in [4.69, 9.17) is 66.3 Å². The molecule has 0 bridgehead atoms. The Hall–Kier alpha value is -9.36. The lowest BCUT2D eigenvalue weighted by molar-refractivity contribution is -0.154. The molecule has 0 fully saturated rings. The molecular weight excluding hydrogens is 1940 g/mol. The van der Waals surface area contributed by atoms with Crippen molar-refractivity contribution in [2.24, 2.45) is 41.4 Å². The highest BCUT2D eigenvalue weighted by Gasteiger charge is 2.30. The number of hydrogen-bond donors (Lipinski definition) is 2. The summed E-state index contributed by atoms with van der Waals surface area (Å²) in [4.78, 5) is 95.0. The van der Waals surface area contributed by atoms with E-state index in [1.807, 2.05) is 295 Å². The lowest BCUT2D eigenvalue weighted by atomic mass is 9.98. The molecule has 24 nitrogen and oxygen atoms in total. The Balaban J connectivity index is 0.000000358. The van der Waals surface area contributed by atoms with E-state index in [0.29, 0.717) is 46.2 Å². The molecule has 8 aromatic carbocycles. The topological polar surface area (TPSA) is 306 Å². The maximum absolute atomic E-state index is 12.3. The van der Waals surface area contributed by atoms with Gasteiger partial charge in [0, 0.05) is 61.6 Å². The second kappa shape index (κ2) is 68.7. The van der Waals surface area contributed by atoms with Crippen LogP contribution in [0.1, 0.15) is 209 Å². The van der Waals surface area contributed by atoms with Crippen molar-refractivity contribution in [2.45, 2.75) is 192 Å². The van der Waals surface area contributed by atoms with Gasteiger partial charge in [0.2, 0.25) is 0 Å². The molecule has 0 aliphatic carbocycles. The van der Waals surface area contributed by atoms with Gasteiger partial charge < -0.3 is 76.5 Å². The van der Waals surface area contributed by atoms with Crippen molar-refractivity contribution in [3.05, 3.63) is 287 Å². The molecule has 18 unspecified atom stereocenters. The summed E-state index contributed by atoms with van der Waals surface area (Å²) in [7, 11) is 3.38. The molecule has 0 aliphatic rings. The summed E-state index contributed by atoms with van der Waals surface area (Å²) >= 11 is 10.4. The lowest BCUT2D eigenvalue weighted by Gasteiger charge is -2.20. The van der Waals surface area contributed by atoms with Gasteiger partial charge >= 0.3 is 47.8 Å². The second-order valence-corrected chi connectivity index (χ2v) is 38.2. The number of carbonyl (C=O) groups is 8. The third kappa shape index (κ3) is 48.4. The number of carbonyl (C=O) groups excluding carboxylic acids is 8. The van der Waals surface area contributed by atoms with Crippen LogP contribution in [0.5, 0.6) is 0 Å². The molecule has 0 spiro atoms. The maximum Gasteiger partial charge on any atom is 0.320 e. The third-order valence-corrected chi connectivity index (χ3v) is 25.4. The molecule has 18 atom stereocenters. The van der Waals surface area contributed by atoms with Crippen molar-refractivity contribution in [3.8, 4) is 0 Å². The highest BCUT2D eigenvalue weighted by atomic mass is 79.9. The van der Waals surface area contributed by atoms with Crippen molar-refractivity contribution >= 4 is 95.5 Å². The monoisotopic (exact) mass is 2090 g/mol. The number of ether oxygens (including phenoxy) is 14. The van der Waals surface area contributed by atoms with Crippen LogP contribution in [0, 0.1) is 41.4 Å². The molecule has 0 aliphatic heterocycles. The smallest absolute Gasteiger partial charge is 0.320 e. The summed E-state index contributed by atoms with van der Waals surface area (Å²) in [6, 6.07) is 76.3. The van der Waals surface area contributed by atoms with Crippen LogP contribution in [0.4, 0.5) is 0 Å². The predicted molar refractivity (Wildman–Crippen MR) is 543 cm³/mol. The van der Waals surface area contributed by atoms with Gasteiger partial charge in [-0.05, 0) is 77.8 Å². The molecular formula is C110H147Br3O24. The molecule has 27 heteroatoms. The maximum atomic E-state index is 12.3. The number of hydrogen-bond acceptors (Lipinski definition) is 24. The molecule has 0 heterocycles. The first-order valence-electron chi connectivity index (χ1n) is 46.9. The van der Waals surface area contributed by atoms with E-state index >= 15 is 0 Å². The zero-order valence-corrected chi connectivity index (χ0v) is 87.6. The normalized spacial score (nSPS) is 15.0. The number of esters is 8. The fourth-order valence-corrected chi connectivity index (χ4v) is 13.9. The lowest BCUT2D eigenvalue weighted by Crippen LogP contribution is -2.29. The van der Waals surface area contributed by atoms with Gasteiger partial charge in [-0.2, -0.15) is 0 Å². The van der Waals surface area contributed by atoms with Gasteiger partial charge in [0.1, 0.15) is 46.0 Å². The number of benzene rings is 8. The van der Waals surface area contributed by atoms with Gasteiger partial charge in [0.15, 0.2) is 0 Å². The summed E-state index contributed by atoms with van der Waals surface area (Å²) in [5.74, 6) is -3.57. The molecule has 0 saturated heterocycles. The average Bonchev–Trinajstić information content (AvgIpc) is 0.873. The van der Waals surface area contributed by atoms with Crippen LogP contribution in [0.25, 0.3) is 0 Å². The van der Waals surface area contributed by atoms with Crippen molar-refractivity contribution in [1.82, 2.24) is 0 Å². The zero-order valence-electron chi connectivity index (χ0n) is 82.9. The quantitative estimate of drug-likeness (QED) is 0.0203. The first kappa shape index (κ1) is 120. The van der Waals surface area contributed by atoms with Crippen molar-refractivity contribution < 1.29 is 115 Å². The number of rotatable bonds is 53. The molecule has 0 amide bonds. The van der Waals surface area contributed by atoms with E-state index in [-0.39, 0.29) is 206 Å². The minimum atomic E-state index is -0.870. The van der Waals surface area contributed by atoms with Crippen LogP contribution < -0.4 is 0 Å². The van der Waals surface area contributed by atoms with Crippen molar-refractivity contribution in [3.63, 3.8) is 0 Å². The Labute approximate surface area is 838 Å². The molecule has 0 saturated carbocycles. The van der Waals surface area contributed by atoms with E-state index in [1.54, 1.807) is 41.9 Å². The van der Waals surface area contributed by atoms with Gasteiger partial charge in [-0.15, -0.1) is 0 Å². The molecule has 0 aromatic heterocycles. The van der Waals surface area contributed by atoms with Gasteiger partial charge in [0.25, 0.3) is 0 Å². The number of aliphatic hydroxyl groups is 2. The summed E-state index contributed by atoms with van der Waals surface area (Å²) in [5.41, 5.74) is 9.36. The summed E-state index contributed by atoms with van der Waals surface area (Å²) in [6.07, 6.45) is -1.47. The molecule has 8 aromatic rings. The van der Waals surface area contributed by atoms with Crippen LogP contribution in [0.3, 0.4) is 0 Å². The van der Waals surface area contributed by atoms with Gasteiger partial charge in [-0.3, -0.25) is 38.4 Å². The predicted octanol–water partition coefficient (Wildman–Crippen LogP) is 21.0. The molecule has 137 heavy (non-hydrogen) atoms.